The topological polar surface area (TPSA) is 37.3 Å². The first kappa shape index (κ1) is 14.2. The highest BCUT2D eigenvalue weighted by Gasteiger charge is 2.10. The van der Waals surface area contributed by atoms with Gasteiger partial charge in [-0.25, -0.2) is 0 Å². The Morgan fingerprint density at radius 1 is 1.00 bits per heavy atom. The fourth-order valence-electron chi connectivity index (χ4n) is 1.96. The average Bonchev–Trinajstić information content (AvgIpc) is 2.49. The van der Waals surface area contributed by atoms with Gasteiger partial charge in [0.25, 0.3) is 0 Å². The summed E-state index contributed by atoms with van der Waals surface area (Å²) >= 11 is 0. The smallest absolute Gasteiger partial charge is 0.165 e. The Morgan fingerprint density at radius 3 is 2.25 bits per heavy atom. The summed E-state index contributed by atoms with van der Waals surface area (Å²) in [5.74, 6) is -0.0220. The van der Waals surface area contributed by atoms with Gasteiger partial charge in [0.05, 0.1) is 6.10 Å². The van der Waals surface area contributed by atoms with E-state index in [1.165, 1.54) is 0 Å². The molecule has 2 heteroatoms. The predicted molar refractivity (Wildman–Crippen MR) is 81.5 cm³/mol. The Morgan fingerprint density at radius 2 is 1.60 bits per heavy atom. The molecule has 20 heavy (non-hydrogen) atoms. The number of aliphatic hydroxyl groups is 1. The molecule has 0 radical (unpaired) electrons. The largest absolute Gasteiger partial charge is 0.392 e. The molecular formula is C18H18O2. The zero-order valence-electron chi connectivity index (χ0n) is 11.3. The van der Waals surface area contributed by atoms with Crippen LogP contribution in [-0.4, -0.2) is 17.0 Å². The average molecular weight is 266 g/mol. The molecule has 1 N–H and O–H groups in total. The van der Waals surface area contributed by atoms with E-state index >= 15 is 0 Å². The van der Waals surface area contributed by atoms with Crippen LogP contribution in [0.15, 0.2) is 66.7 Å². The summed E-state index contributed by atoms with van der Waals surface area (Å²) in [4.78, 5) is 11.9. The van der Waals surface area contributed by atoms with Crippen LogP contribution in [0.2, 0.25) is 0 Å². The molecule has 0 amide bonds. The van der Waals surface area contributed by atoms with Crippen molar-refractivity contribution >= 4 is 11.9 Å². The Balaban J connectivity index is 1.82. The fraction of sp³-hybridized carbons (Fsp3) is 0.167. The van der Waals surface area contributed by atoms with Crippen LogP contribution in [0, 0.1) is 0 Å². The highest BCUT2D eigenvalue weighted by atomic mass is 16.3. The maximum absolute atomic E-state index is 11.9. The van der Waals surface area contributed by atoms with Crippen molar-refractivity contribution in [2.75, 3.05) is 0 Å². The van der Waals surface area contributed by atoms with Gasteiger partial charge in [0.2, 0.25) is 0 Å². The summed E-state index contributed by atoms with van der Waals surface area (Å²) in [6.07, 6.45) is 3.85. The zero-order chi connectivity index (χ0) is 14.2. The zero-order valence-corrected chi connectivity index (χ0v) is 11.3. The lowest BCUT2D eigenvalue weighted by molar-refractivity contribution is 0.0884. The van der Waals surface area contributed by atoms with E-state index in [-0.39, 0.29) is 12.2 Å². The summed E-state index contributed by atoms with van der Waals surface area (Å²) in [5.41, 5.74) is 1.74. The summed E-state index contributed by atoms with van der Waals surface area (Å²) in [6.45, 7) is 0. The third-order valence-electron chi connectivity index (χ3n) is 3.03. The Kier molecular flexibility index (Phi) is 5.27. The van der Waals surface area contributed by atoms with Crippen molar-refractivity contribution < 1.29 is 9.90 Å². The number of carbonyl (C=O) groups is 1. The van der Waals surface area contributed by atoms with Crippen LogP contribution in [0.4, 0.5) is 0 Å². The van der Waals surface area contributed by atoms with E-state index in [0.29, 0.717) is 12.0 Å². The third kappa shape index (κ3) is 4.48. The van der Waals surface area contributed by atoms with Crippen LogP contribution in [0.1, 0.15) is 28.8 Å². The van der Waals surface area contributed by atoms with Crippen molar-refractivity contribution in [2.24, 2.45) is 0 Å². The summed E-state index contributed by atoms with van der Waals surface area (Å²) < 4.78 is 0. The lowest BCUT2D eigenvalue weighted by Gasteiger charge is -2.07. The van der Waals surface area contributed by atoms with Crippen molar-refractivity contribution in [2.45, 2.75) is 18.9 Å². The molecule has 1 unspecified atom stereocenters. The van der Waals surface area contributed by atoms with E-state index in [4.69, 9.17) is 0 Å². The van der Waals surface area contributed by atoms with Gasteiger partial charge in [-0.2, -0.15) is 0 Å². The van der Waals surface area contributed by atoms with Crippen LogP contribution in [-0.2, 0) is 0 Å². The second-order valence-electron chi connectivity index (χ2n) is 4.70. The molecule has 0 saturated carbocycles. The van der Waals surface area contributed by atoms with E-state index < -0.39 is 6.10 Å². The molecule has 0 fully saturated rings. The maximum atomic E-state index is 11.9. The van der Waals surface area contributed by atoms with Gasteiger partial charge in [-0.1, -0.05) is 72.8 Å². The second kappa shape index (κ2) is 7.41. The van der Waals surface area contributed by atoms with Crippen LogP contribution in [0.25, 0.3) is 6.08 Å². The van der Waals surface area contributed by atoms with Crippen molar-refractivity contribution in [3.8, 4) is 0 Å². The molecule has 0 bridgehead atoms. The molecule has 102 valence electrons. The SMILES string of the molecule is O=C(CC(O)C/C=C/c1ccccc1)c1ccccc1. The van der Waals surface area contributed by atoms with E-state index in [9.17, 15) is 9.90 Å². The highest BCUT2D eigenvalue weighted by molar-refractivity contribution is 5.96. The van der Waals surface area contributed by atoms with E-state index in [2.05, 4.69) is 0 Å². The number of rotatable bonds is 6. The summed E-state index contributed by atoms with van der Waals surface area (Å²) in [5, 5.41) is 9.89. The molecule has 0 saturated heterocycles. The fourth-order valence-corrected chi connectivity index (χ4v) is 1.96. The normalized spacial score (nSPS) is 12.4. The highest BCUT2D eigenvalue weighted by Crippen LogP contribution is 2.09. The molecule has 2 aromatic carbocycles. The van der Waals surface area contributed by atoms with Crippen LogP contribution >= 0.6 is 0 Å². The van der Waals surface area contributed by atoms with Gasteiger partial charge in [0.1, 0.15) is 0 Å². The number of hydrogen-bond donors (Lipinski definition) is 1. The number of benzene rings is 2. The minimum absolute atomic E-state index is 0.0220. The van der Waals surface area contributed by atoms with E-state index in [0.717, 1.165) is 5.56 Å². The van der Waals surface area contributed by atoms with Crippen LogP contribution < -0.4 is 0 Å². The third-order valence-corrected chi connectivity index (χ3v) is 3.03. The lowest BCUT2D eigenvalue weighted by Crippen LogP contribution is -2.12. The van der Waals surface area contributed by atoms with E-state index in [1.807, 2.05) is 60.7 Å². The molecule has 0 aliphatic heterocycles. The Labute approximate surface area is 119 Å². The molecule has 0 aliphatic carbocycles. The molecule has 2 rings (SSSR count). The quantitative estimate of drug-likeness (QED) is 0.809. The van der Waals surface area contributed by atoms with Gasteiger partial charge in [-0.05, 0) is 12.0 Å². The monoisotopic (exact) mass is 266 g/mol. The predicted octanol–water partition coefficient (Wildman–Crippen LogP) is 3.72. The standard InChI is InChI=1S/C18H18O2/c19-17(13-7-10-15-8-3-1-4-9-15)14-18(20)16-11-5-2-6-12-16/h1-12,17,19H,13-14H2/b10-7+. The lowest BCUT2D eigenvalue weighted by atomic mass is 10.0. The van der Waals surface area contributed by atoms with Crippen molar-refractivity contribution in [3.63, 3.8) is 0 Å². The number of hydrogen-bond acceptors (Lipinski definition) is 2. The molecule has 1 atom stereocenters. The molecule has 0 aliphatic rings. The summed E-state index contributed by atoms with van der Waals surface area (Å²) in [6, 6.07) is 19.0. The van der Waals surface area contributed by atoms with Gasteiger partial charge >= 0.3 is 0 Å². The first-order chi connectivity index (χ1) is 9.75. The minimum atomic E-state index is -0.636. The van der Waals surface area contributed by atoms with Crippen molar-refractivity contribution in [1.29, 1.82) is 0 Å². The Hall–Kier alpha value is -2.19. The molecule has 2 nitrogen and oxygen atoms in total. The van der Waals surface area contributed by atoms with Gasteiger partial charge in [-0.3, -0.25) is 4.79 Å². The van der Waals surface area contributed by atoms with Gasteiger partial charge in [-0.15, -0.1) is 0 Å². The first-order valence-corrected chi connectivity index (χ1v) is 6.73. The van der Waals surface area contributed by atoms with Gasteiger partial charge in [0, 0.05) is 12.0 Å². The molecule has 0 heterocycles. The first-order valence-electron chi connectivity index (χ1n) is 6.73. The second-order valence-corrected chi connectivity index (χ2v) is 4.70. The molecular weight excluding hydrogens is 248 g/mol. The number of aliphatic hydroxyl groups excluding tert-OH is 1. The van der Waals surface area contributed by atoms with Gasteiger partial charge < -0.3 is 5.11 Å². The van der Waals surface area contributed by atoms with Gasteiger partial charge in [0.15, 0.2) is 5.78 Å². The van der Waals surface area contributed by atoms with Crippen molar-refractivity contribution in [3.05, 3.63) is 77.9 Å². The molecule has 0 spiro atoms. The summed E-state index contributed by atoms with van der Waals surface area (Å²) in [7, 11) is 0. The molecule has 0 aromatic heterocycles. The van der Waals surface area contributed by atoms with Crippen molar-refractivity contribution in [1.82, 2.24) is 0 Å². The maximum Gasteiger partial charge on any atom is 0.165 e. The minimum Gasteiger partial charge on any atom is -0.392 e. The number of carbonyl (C=O) groups excluding carboxylic acids is 1. The number of ketones is 1. The van der Waals surface area contributed by atoms with E-state index in [1.54, 1.807) is 12.1 Å². The van der Waals surface area contributed by atoms with Crippen LogP contribution in [0.3, 0.4) is 0 Å². The number of Topliss-reactive ketones (excluding diaryl/α,β-unsaturated/α-hetero) is 1. The van der Waals surface area contributed by atoms with Crippen LogP contribution in [0.5, 0.6) is 0 Å². The Bertz CT molecular complexity index is 558. The molecule has 2 aromatic rings.